The molecule has 3 aliphatic rings. The predicted octanol–water partition coefficient (Wildman–Crippen LogP) is 1.26. The Balaban J connectivity index is 1.52. The van der Waals surface area contributed by atoms with Crippen LogP contribution in [-0.2, 0) is 4.79 Å². The molecule has 2 aliphatic carbocycles. The van der Waals surface area contributed by atoms with Crippen LogP contribution in [0.15, 0.2) is 0 Å². The standard InChI is InChI=1S/C12H17F2NO2/c13-12(14)4-9(12)3-11(17)15-5-7-1-10(16)2-8(7)6-15/h7-10,16H,1-6H2/t7-,8+,9?,10?. The van der Waals surface area contributed by atoms with Crippen LogP contribution in [0.4, 0.5) is 8.78 Å². The molecule has 2 unspecified atom stereocenters. The summed E-state index contributed by atoms with van der Waals surface area (Å²) in [6, 6.07) is 0. The number of hydrogen-bond donors (Lipinski definition) is 1. The molecule has 1 heterocycles. The molecule has 3 rings (SSSR count). The van der Waals surface area contributed by atoms with Gasteiger partial charge in [0, 0.05) is 31.8 Å². The molecule has 1 saturated heterocycles. The summed E-state index contributed by atoms with van der Waals surface area (Å²) in [6.45, 7) is 1.30. The summed E-state index contributed by atoms with van der Waals surface area (Å²) >= 11 is 0. The Morgan fingerprint density at radius 2 is 1.82 bits per heavy atom. The van der Waals surface area contributed by atoms with Crippen LogP contribution in [0.3, 0.4) is 0 Å². The molecule has 3 nitrogen and oxygen atoms in total. The molecule has 0 spiro atoms. The van der Waals surface area contributed by atoms with E-state index in [1.807, 2.05) is 0 Å². The summed E-state index contributed by atoms with van der Waals surface area (Å²) in [5, 5.41) is 9.48. The SMILES string of the molecule is O=C(CC1CC1(F)F)N1C[C@H]2CC(O)C[C@H]2C1. The minimum absolute atomic E-state index is 0.00497. The molecule has 0 aromatic heterocycles. The summed E-state index contributed by atoms with van der Waals surface area (Å²) in [6.07, 6.45) is 1.16. The Morgan fingerprint density at radius 1 is 1.29 bits per heavy atom. The van der Waals surface area contributed by atoms with Gasteiger partial charge in [-0.05, 0) is 24.7 Å². The molecular formula is C12H17F2NO2. The number of nitrogens with zero attached hydrogens (tertiary/aromatic N) is 1. The van der Waals surface area contributed by atoms with Gasteiger partial charge in [-0.2, -0.15) is 0 Å². The Morgan fingerprint density at radius 3 is 2.29 bits per heavy atom. The van der Waals surface area contributed by atoms with E-state index in [1.165, 1.54) is 0 Å². The Labute approximate surface area is 98.8 Å². The third kappa shape index (κ3) is 2.05. The number of rotatable bonds is 2. The summed E-state index contributed by atoms with van der Waals surface area (Å²) in [4.78, 5) is 13.5. The quantitative estimate of drug-likeness (QED) is 0.795. The largest absolute Gasteiger partial charge is 0.393 e. The highest BCUT2D eigenvalue weighted by Crippen LogP contribution is 2.51. The Kier molecular flexibility index (Phi) is 2.44. The van der Waals surface area contributed by atoms with Crippen molar-refractivity contribution in [1.82, 2.24) is 4.90 Å². The van der Waals surface area contributed by atoms with E-state index in [4.69, 9.17) is 0 Å². The maximum absolute atomic E-state index is 12.7. The van der Waals surface area contributed by atoms with E-state index in [0.717, 1.165) is 12.8 Å². The molecule has 0 aromatic rings. The molecule has 1 N–H and O–H groups in total. The van der Waals surface area contributed by atoms with E-state index >= 15 is 0 Å². The van der Waals surface area contributed by atoms with Crippen molar-refractivity contribution in [3.63, 3.8) is 0 Å². The number of alkyl halides is 2. The van der Waals surface area contributed by atoms with Crippen LogP contribution in [0.25, 0.3) is 0 Å². The van der Waals surface area contributed by atoms with Gasteiger partial charge in [-0.1, -0.05) is 0 Å². The van der Waals surface area contributed by atoms with Crippen molar-refractivity contribution in [1.29, 1.82) is 0 Å². The maximum atomic E-state index is 12.7. The maximum Gasteiger partial charge on any atom is 0.252 e. The van der Waals surface area contributed by atoms with E-state index in [9.17, 15) is 18.7 Å². The fraction of sp³-hybridized carbons (Fsp3) is 0.917. The second-order valence-corrected chi connectivity index (χ2v) is 5.81. The lowest BCUT2D eigenvalue weighted by Gasteiger charge is -2.18. The van der Waals surface area contributed by atoms with Crippen LogP contribution in [-0.4, -0.2) is 41.0 Å². The zero-order valence-corrected chi connectivity index (χ0v) is 9.61. The first kappa shape index (κ1) is 11.4. The van der Waals surface area contributed by atoms with Crippen LogP contribution in [0.5, 0.6) is 0 Å². The minimum Gasteiger partial charge on any atom is -0.393 e. The molecule has 1 amide bonds. The minimum atomic E-state index is -2.60. The van der Waals surface area contributed by atoms with Crippen molar-refractivity contribution in [3.8, 4) is 0 Å². The first-order chi connectivity index (χ1) is 7.95. The number of aliphatic hydroxyl groups is 1. The number of hydrogen-bond acceptors (Lipinski definition) is 2. The average molecular weight is 245 g/mol. The van der Waals surface area contributed by atoms with Gasteiger partial charge in [0.1, 0.15) is 0 Å². The van der Waals surface area contributed by atoms with Crippen molar-refractivity contribution in [2.45, 2.75) is 37.7 Å². The molecule has 2 saturated carbocycles. The zero-order valence-electron chi connectivity index (χ0n) is 9.61. The fourth-order valence-corrected chi connectivity index (χ4v) is 3.30. The topological polar surface area (TPSA) is 40.5 Å². The average Bonchev–Trinajstić information content (AvgIpc) is 2.60. The summed E-state index contributed by atoms with van der Waals surface area (Å²) in [7, 11) is 0. The van der Waals surface area contributed by atoms with Crippen LogP contribution < -0.4 is 0 Å². The molecule has 17 heavy (non-hydrogen) atoms. The van der Waals surface area contributed by atoms with Gasteiger partial charge in [0.2, 0.25) is 5.91 Å². The van der Waals surface area contributed by atoms with E-state index in [1.54, 1.807) is 4.90 Å². The van der Waals surface area contributed by atoms with Crippen molar-refractivity contribution in [2.24, 2.45) is 17.8 Å². The lowest BCUT2D eigenvalue weighted by atomic mass is 10.0. The Hall–Kier alpha value is -0.710. The van der Waals surface area contributed by atoms with E-state index in [-0.39, 0.29) is 24.9 Å². The normalized spacial score (nSPS) is 42.6. The molecule has 4 atom stereocenters. The number of halogens is 2. The van der Waals surface area contributed by atoms with E-state index in [0.29, 0.717) is 24.9 Å². The second kappa shape index (κ2) is 3.64. The van der Waals surface area contributed by atoms with E-state index in [2.05, 4.69) is 0 Å². The number of amides is 1. The third-order valence-corrected chi connectivity index (χ3v) is 4.46. The smallest absolute Gasteiger partial charge is 0.252 e. The number of carbonyl (C=O) groups is 1. The van der Waals surface area contributed by atoms with Gasteiger partial charge in [-0.15, -0.1) is 0 Å². The molecule has 0 aromatic carbocycles. The summed E-state index contributed by atoms with van der Waals surface area (Å²) < 4.78 is 25.4. The predicted molar refractivity (Wildman–Crippen MR) is 56.5 cm³/mol. The molecule has 1 aliphatic heterocycles. The highest BCUT2D eigenvalue weighted by molar-refractivity contribution is 5.77. The molecule has 5 heteroatoms. The van der Waals surface area contributed by atoms with Crippen molar-refractivity contribution >= 4 is 5.91 Å². The highest BCUT2D eigenvalue weighted by Gasteiger charge is 2.57. The van der Waals surface area contributed by atoms with Gasteiger partial charge < -0.3 is 10.0 Å². The zero-order chi connectivity index (χ0) is 12.2. The number of fused-ring (bicyclic) bond motifs is 1. The fourth-order valence-electron chi connectivity index (χ4n) is 3.30. The lowest BCUT2D eigenvalue weighted by molar-refractivity contribution is -0.131. The van der Waals surface area contributed by atoms with Gasteiger partial charge in [-0.3, -0.25) is 4.79 Å². The van der Waals surface area contributed by atoms with Gasteiger partial charge >= 0.3 is 0 Å². The van der Waals surface area contributed by atoms with Crippen molar-refractivity contribution in [2.75, 3.05) is 13.1 Å². The van der Waals surface area contributed by atoms with Crippen LogP contribution in [0.1, 0.15) is 25.7 Å². The molecule has 96 valence electrons. The Bertz CT molecular complexity index is 333. The second-order valence-electron chi connectivity index (χ2n) is 5.81. The summed E-state index contributed by atoms with van der Waals surface area (Å²) in [5.74, 6) is -2.68. The lowest BCUT2D eigenvalue weighted by Crippen LogP contribution is -2.30. The number of likely N-dealkylation sites (tertiary alicyclic amines) is 1. The molecular weight excluding hydrogens is 228 g/mol. The van der Waals surface area contributed by atoms with Crippen LogP contribution >= 0.6 is 0 Å². The highest BCUT2D eigenvalue weighted by atomic mass is 19.3. The molecule has 3 fully saturated rings. The van der Waals surface area contributed by atoms with Crippen LogP contribution in [0.2, 0.25) is 0 Å². The number of aliphatic hydroxyl groups excluding tert-OH is 1. The molecule has 0 bridgehead atoms. The first-order valence-electron chi connectivity index (χ1n) is 6.29. The van der Waals surface area contributed by atoms with Crippen LogP contribution in [0, 0.1) is 17.8 Å². The van der Waals surface area contributed by atoms with Crippen molar-refractivity contribution in [3.05, 3.63) is 0 Å². The van der Waals surface area contributed by atoms with Gasteiger partial charge in [0.25, 0.3) is 5.92 Å². The van der Waals surface area contributed by atoms with Crippen molar-refractivity contribution < 1.29 is 18.7 Å². The first-order valence-corrected chi connectivity index (χ1v) is 6.29. The van der Waals surface area contributed by atoms with E-state index < -0.39 is 11.8 Å². The van der Waals surface area contributed by atoms with Gasteiger partial charge in [0.15, 0.2) is 0 Å². The monoisotopic (exact) mass is 245 g/mol. The number of carbonyl (C=O) groups excluding carboxylic acids is 1. The van der Waals surface area contributed by atoms with Gasteiger partial charge in [0.05, 0.1) is 6.10 Å². The summed E-state index contributed by atoms with van der Waals surface area (Å²) in [5.41, 5.74) is 0. The molecule has 0 radical (unpaired) electrons. The van der Waals surface area contributed by atoms with Gasteiger partial charge in [-0.25, -0.2) is 8.78 Å². The third-order valence-electron chi connectivity index (χ3n) is 4.46.